The highest BCUT2D eigenvalue weighted by Crippen LogP contribution is 2.39. The van der Waals surface area contributed by atoms with E-state index in [1.54, 1.807) is 12.3 Å². The van der Waals surface area contributed by atoms with E-state index in [-0.39, 0.29) is 16.7 Å². The third-order valence-corrected chi connectivity index (χ3v) is 7.20. The lowest BCUT2D eigenvalue weighted by Crippen LogP contribution is -2.25. The van der Waals surface area contributed by atoms with Crippen molar-refractivity contribution in [3.8, 4) is 39.3 Å². The lowest BCUT2D eigenvalue weighted by Gasteiger charge is -2.20. The maximum atomic E-state index is 15.1. The summed E-state index contributed by atoms with van der Waals surface area (Å²) in [4.78, 5) is 4.36. The molecule has 10 heteroatoms. The van der Waals surface area contributed by atoms with Gasteiger partial charge in [-0.05, 0) is 65.9 Å². The van der Waals surface area contributed by atoms with Gasteiger partial charge in [0.25, 0.3) is 0 Å². The summed E-state index contributed by atoms with van der Waals surface area (Å²) in [7, 11) is 0. The van der Waals surface area contributed by atoms with Crippen molar-refractivity contribution in [1.82, 2.24) is 4.98 Å². The van der Waals surface area contributed by atoms with Gasteiger partial charge in [0.15, 0.2) is 0 Å². The highest BCUT2D eigenvalue weighted by atomic mass is 19.3. The summed E-state index contributed by atoms with van der Waals surface area (Å²) in [6.45, 7) is 2.10. The van der Waals surface area contributed by atoms with Crippen molar-refractivity contribution in [3.05, 3.63) is 131 Å². The summed E-state index contributed by atoms with van der Waals surface area (Å²) in [5.41, 5.74) is -1.28. The summed E-state index contributed by atoms with van der Waals surface area (Å²) < 4.78 is 122. The first-order valence-electron chi connectivity index (χ1n) is 14.0. The van der Waals surface area contributed by atoms with Gasteiger partial charge in [0.05, 0.1) is 11.3 Å². The number of halogens is 8. The molecule has 0 bridgehead atoms. The first-order chi connectivity index (χ1) is 21.5. The molecule has 45 heavy (non-hydrogen) atoms. The van der Waals surface area contributed by atoms with Gasteiger partial charge in [-0.15, -0.1) is 0 Å². The standard InChI is InChI=1S/C35H25F8NO/c1-2-3-4-5-20-6-13-32(44-19-20)22-9-12-26(27(37)14-22)23-15-30(40)34(31(41)16-23)35(42,43)45-25-17-28(38)33(29(39)18-25)21-7-10-24(36)11-8-21/h6-19H,2-5H2,1H3. The van der Waals surface area contributed by atoms with Gasteiger partial charge in [0.1, 0.15) is 46.2 Å². The van der Waals surface area contributed by atoms with E-state index in [0.717, 1.165) is 61.6 Å². The second kappa shape index (κ2) is 13.1. The summed E-state index contributed by atoms with van der Waals surface area (Å²) in [6, 6.07) is 13.4. The van der Waals surface area contributed by atoms with Gasteiger partial charge in [-0.1, -0.05) is 50.1 Å². The van der Waals surface area contributed by atoms with Crippen LogP contribution in [0.4, 0.5) is 35.1 Å². The van der Waals surface area contributed by atoms with E-state index < -0.39 is 57.9 Å². The van der Waals surface area contributed by atoms with Crippen LogP contribution in [0.3, 0.4) is 0 Å². The number of aromatic nitrogens is 1. The van der Waals surface area contributed by atoms with E-state index in [4.69, 9.17) is 0 Å². The molecular weight excluding hydrogens is 602 g/mol. The van der Waals surface area contributed by atoms with Crippen molar-refractivity contribution < 1.29 is 39.9 Å². The van der Waals surface area contributed by atoms with Crippen LogP contribution in [-0.4, -0.2) is 4.98 Å². The van der Waals surface area contributed by atoms with Crippen molar-refractivity contribution in [1.29, 1.82) is 0 Å². The smallest absolute Gasteiger partial charge is 0.429 e. The highest BCUT2D eigenvalue weighted by Gasteiger charge is 2.41. The highest BCUT2D eigenvalue weighted by molar-refractivity contribution is 5.70. The Morgan fingerprint density at radius 3 is 1.84 bits per heavy atom. The zero-order chi connectivity index (χ0) is 32.3. The first-order valence-corrected chi connectivity index (χ1v) is 14.0. The number of alkyl halides is 2. The van der Waals surface area contributed by atoms with E-state index in [1.807, 2.05) is 6.07 Å². The van der Waals surface area contributed by atoms with Crippen LogP contribution < -0.4 is 4.74 Å². The van der Waals surface area contributed by atoms with Crippen LogP contribution in [0, 0.1) is 34.9 Å². The largest absolute Gasteiger partial charge is 0.432 e. The monoisotopic (exact) mass is 627 g/mol. The Hall–Kier alpha value is -4.73. The number of pyridine rings is 1. The molecule has 5 rings (SSSR count). The van der Waals surface area contributed by atoms with Gasteiger partial charge in [-0.25, -0.2) is 26.3 Å². The molecule has 1 aromatic heterocycles. The maximum absolute atomic E-state index is 15.1. The fraction of sp³-hybridized carbons (Fsp3) is 0.171. The minimum atomic E-state index is -4.72. The first kappa shape index (κ1) is 31.7. The van der Waals surface area contributed by atoms with E-state index >= 15 is 4.39 Å². The number of aryl methyl sites for hydroxylation is 1. The summed E-state index contributed by atoms with van der Waals surface area (Å²) >= 11 is 0. The maximum Gasteiger partial charge on any atom is 0.432 e. The molecular formula is C35H25F8NO. The number of benzene rings is 4. The molecule has 0 fully saturated rings. The Kier molecular flexibility index (Phi) is 9.22. The molecule has 0 aliphatic heterocycles. The summed E-state index contributed by atoms with van der Waals surface area (Å²) in [5, 5.41) is 0. The topological polar surface area (TPSA) is 22.1 Å². The van der Waals surface area contributed by atoms with Gasteiger partial charge in [-0.2, -0.15) is 8.78 Å². The predicted octanol–water partition coefficient (Wildman–Crippen LogP) is 10.8. The molecule has 0 aliphatic carbocycles. The Balaban J connectivity index is 1.37. The van der Waals surface area contributed by atoms with Crippen LogP contribution in [-0.2, 0) is 12.5 Å². The normalized spacial score (nSPS) is 11.6. The lowest BCUT2D eigenvalue weighted by molar-refractivity contribution is -0.189. The fourth-order valence-corrected chi connectivity index (χ4v) is 4.94. The average molecular weight is 628 g/mol. The van der Waals surface area contributed by atoms with Crippen molar-refractivity contribution in [2.24, 2.45) is 0 Å². The van der Waals surface area contributed by atoms with Gasteiger partial charge in [-0.3, -0.25) is 4.98 Å². The van der Waals surface area contributed by atoms with Crippen LogP contribution in [0.1, 0.15) is 37.3 Å². The molecule has 0 aliphatic rings. The van der Waals surface area contributed by atoms with E-state index in [9.17, 15) is 30.7 Å². The molecule has 2 nitrogen and oxygen atoms in total. The van der Waals surface area contributed by atoms with Gasteiger partial charge >= 0.3 is 6.11 Å². The van der Waals surface area contributed by atoms with Crippen molar-refractivity contribution in [2.75, 3.05) is 0 Å². The van der Waals surface area contributed by atoms with Gasteiger partial charge in [0.2, 0.25) is 0 Å². The van der Waals surface area contributed by atoms with Crippen molar-refractivity contribution >= 4 is 0 Å². The van der Waals surface area contributed by atoms with Crippen LogP contribution in [0.2, 0.25) is 0 Å². The molecule has 0 unspecified atom stereocenters. The fourth-order valence-electron chi connectivity index (χ4n) is 4.94. The van der Waals surface area contributed by atoms with E-state index in [2.05, 4.69) is 16.6 Å². The van der Waals surface area contributed by atoms with E-state index in [1.165, 1.54) is 12.1 Å². The molecule has 0 saturated carbocycles. The van der Waals surface area contributed by atoms with Crippen molar-refractivity contribution in [3.63, 3.8) is 0 Å². The van der Waals surface area contributed by atoms with Gasteiger partial charge < -0.3 is 4.74 Å². The minimum Gasteiger partial charge on any atom is -0.429 e. The number of nitrogens with zero attached hydrogens (tertiary/aromatic N) is 1. The molecule has 0 atom stereocenters. The molecule has 0 spiro atoms. The Morgan fingerprint density at radius 2 is 1.27 bits per heavy atom. The van der Waals surface area contributed by atoms with E-state index in [0.29, 0.717) is 35.5 Å². The number of rotatable bonds is 10. The average Bonchev–Trinajstić information content (AvgIpc) is 2.97. The quantitative estimate of drug-likeness (QED) is 0.114. The van der Waals surface area contributed by atoms with Gasteiger partial charge in [0, 0.05) is 29.5 Å². The Labute approximate surface area is 254 Å². The minimum absolute atomic E-state index is 0.0790. The second-order valence-electron chi connectivity index (χ2n) is 10.4. The molecule has 232 valence electrons. The van der Waals surface area contributed by atoms with Crippen LogP contribution in [0.15, 0.2) is 85.1 Å². The number of hydrogen-bond acceptors (Lipinski definition) is 2. The summed E-state index contributed by atoms with van der Waals surface area (Å²) in [6.07, 6.45) is 1.04. The number of unbranched alkanes of at least 4 members (excludes halogenated alkanes) is 2. The molecule has 0 amide bonds. The molecule has 0 N–H and O–H groups in total. The van der Waals surface area contributed by atoms with Crippen LogP contribution in [0.25, 0.3) is 33.5 Å². The zero-order valence-corrected chi connectivity index (χ0v) is 23.8. The Morgan fingerprint density at radius 1 is 0.644 bits per heavy atom. The number of hydrogen-bond donors (Lipinski definition) is 0. The molecule has 5 aromatic rings. The molecule has 0 radical (unpaired) electrons. The Bertz CT molecular complexity index is 1780. The SMILES string of the molecule is CCCCCc1ccc(-c2ccc(-c3cc(F)c(C(F)(F)Oc4cc(F)c(-c5ccc(F)cc5)c(F)c4)c(F)c3)c(F)c2)nc1. The lowest BCUT2D eigenvalue weighted by atomic mass is 9.99. The molecule has 1 heterocycles. The number of ether oxygens (including phenoxy) is 1. The molecule has 4 aromatic carbocycles. The summed E-state index contributed by atoms with van der Waals surface area (Å²) in [5.74, 6) is -8.81. The third kappa shape index (κ3) is 7.00. The van der Waals surface area contributed by atoms with Crippen molar-refractivity contribution in [2.45, 2.75) is 38.7 Å². The predicted molar refractivity (Wildman–Crippen MR) is 154 cm³/mol. The van der Waals surface area contributed by atoms with Crippen LogP contribution >= 0.6 is 0 Å². The third-order valence-electron chi connectivity index (χ3n) is 7.20. The molecule has 0 saturated heterocycles. The second-order valence-corrected chi connectivity index (χ2v) is 10.4. The van der Waals surface area contributed by atoms with Crippen LogP contribution in [0.5, 0.6) is 5.75 Å². The zero-order valence-electron chi connectivity index (χ0n) is 23.8.